The second kappa shape index (κ2) is 9.32. The summed E-state index contributed by atoms with van der Waals surface area (Å²) >= 11 is 0. The van der Waals surface area contributed by atoms with E-state index in [2.05, 4.69) is 34.4 Å². The van der Waals surface area contributed by atoms with Gasteiger partial charge in [-0.05, 0) is 49.8 Å². The van der Waals surface area contributed by atoms with Crippen molar-refractivity contribution in [3.63, 3.8) is 0 Å². The number of carbonyl (C=O) groups excluding carboxylic acids is 1. The summed E-state index contributed by atoms with van der Waals surface area (Å²) in [5.74, 6) is 0.886. The van der Waals surface area contributed by atoms with E-state index >= 15 is 0 Å². The van der Waals surface area contributed by atoms with Gasteiger partial charge in [0.05, 0.1) is 18.8 Å². The number of likely N-dealkylation sites (tertiary alicyclic amines) is 1. The Kier molecular flexibility index (Phi) is 6.32. The minimum atomic E-state index is -0.355. The van der Waals surface area contributed by atoms with E-state index < -0.39 is 0 Å². The molecule has 0 N–H and O–H groups in total. The molecular formula is C24H27N5O3. The van der Waals surface area contributed by atoms with Gasteiger partial charge in [0.25, 0.3) is 5.91 Å². The fourth-order valence-corrected chi connectivity index (χ4v) is 3.94. The van der Waals surface area contributed by atoms with Gasteiger partial charge in [0.1, 0.15) is 13.2 Å². The maximum atomic E-state index is 13.4. The monoisotopic (exact) mass is 433 g/mol. The number of amides is 1. The van der Waals surface area contributed by atoms with Crippen LogP contribution in [0.1, 0.15) is 40.1 Å². The lowest BCUT2D eigenvalue weighted by atomic mass is 9.99. The number of aryl methyl sites for hydroxylation is 1. The second-order valence-electron chi connectivity index (χ2n) is 8.17. The van der Waals surface area contributed by atoms with Crippen LogP contribution in [0.5, 0.6) is 0 Å². The molecule has 1 amide bonds. The number of carbonyl (C=O) groups is 1. The first-order valence-corrected chi connectivity index (χ1v) is 10.5. The van der Waals surface area contributed by atoms with Gasteiger partial charge in [0.15, 0.2) is 5.82 Å². The van der Waals surface area contributed by atoms with Crippen molar-refractivity contribution in [2.45, 2.75) is 25.9 Å². The van der Waals surface area contributed by atoms with E-state index in [1.54, 1.807) is 4.90 Å². The molecule has 1 fully saturated rings. The van der Waals surface area contributed by atoms with E-state index in [0.717, 1.165) is 16.8 Å². The van der Waals surface area contributed by atoms with Gasteiger partial charge < -0.3 is 19.2 Å². The molecule has 0 aliphatic carbocycles. The van der Waals surface area contributed by atoms with Crippen molar-refractivity contribution < 1.29 is 14.2 Å². The molecule has 0 saturated carbocycles. The van der Waals surface area contributed by atoms with Crippen molar-refractivity contribution in [1.29, 1.82) is 0 Å². The summed E-state index contributed by atoms with van der Waals surface area (Å²) in [6.45, 7) is 2.97. The summed E-state index contributed by atoms with van der Waals surface area (Å²) in [6, 6.07) is 15.5. The highest BCUT2D eigenvalue weighted by Gasteiger charge is 2.38. The first-order valence-electron chi connectivity index (χ1n) is 10.5. The molecule has 1 aliphatic rings. The first-order chi connectivity index (χ1) is 15.5. The van der Waals surface area contributed by atoms with E-state index in [0.29, 0.717) is 36.8 Å². The summed E-state index contributed by atoms with van der Waals surface area (Å²) in [5, 5.41) is 8.21. The van der Waals surface area contributed by atoms with E-state index in [1.165, 1.54) is 12.7 Å². The number of aromatic nitrogens is 2. The van der Waals surface area contributed by atoms with Gasteiger partial charge in [-0.15, -0.1) is 0 Å². The number of hydrogen-bond donors (Lipinski definition) is 0. The summed E-state index contributed by atoms with van der Waals surface area (Å²) in [5.41, 5.74) is 4.78. The van der Waals surface area contributed by atoms with Gasteiger partial charge in [-0.2, -0.15) is 4.98 Å². The normalized spacial score (nSPS) is 17.3. The van der Waals surface area contributed by atoms with Crippen molar-refractivity contribution in [2.24, 2.45) is 5.16 Å². The molecule has 3 aromatic rings. The van der Waals surface area contributed by atoms with Crippen molar-refractivity contribution in [3.05, 3.63) is 71.4 Å². The molecule has 1 aromatic heterocycles. The van der Waals surface area contributed by atoms with Gasteiger partial charge >= 0.3 is 0 Å². The zero-order valence-electron chi connectivity index (χ0n) is 18.8. The fourth-order valence-electron chi connectivity index (χ4n) is 3.94. The molecule has 0 bridgehead atoms. The van der Waals surface area contributed by atoms with E-state index in [4.69, 9.17) is 9.36 Å². The van der Waals surface area contributed by atoms with Gasteiger partial charge in [-0.25, -0.2) is 0 Å². The van der Waals surface area contributed by atoms with Crippen LogP contribution < -0.4 is 0 Å². The molecule has 166 valence electrons. The standard InChI is InChI=1S/C24H27N5O3/c1-16-7-5-6-8-20(16)17-9-11-18(12-10-17)24(30)29-14-19(26-31-4)13-21(29)23-25-22(32-27-23)15-28(2)3/h5-12,21H,13-15H2,1-4H3. The van der Waals surface area contributed by atoms with Gasteiger partial charge in [0.2, 0.25) is 5.89 Å². The highest BCUT2D eigenvalue weighted by molar-refractivity contribution is 6.00. The topological polar surface area (TPSA) is 84.1 Å². The average Bonchev–Trinajstić information content (AvgIpc) is 3.40. The Morgan fingerprint density at radius 2 is 1.97 bits per heavy atom. The quantitative estimate of drug-likeness (QED) is 0.551. The molecule has 4 rings (SSSR count). The Hall–Kier alpha value is -3.52. The van der Waals surface area contributed by atoms with Crippen LogP contribution in [0.2, 0.25) is 0 Å². The Labute approximate surface area is 187 Å². The third-order valence-electron chi connectivity index (χ3n) is 5.46. The van der Waals surface area contributed by atoms with Crippen molar-refractivity contribution in [1.82, 2.24) is 19.9 Å². The third-order valence-corrected chi connectivity index (χ3v) is 5.46. The van der Waals surface area contributed by atoms with Crippen LogP contribution in [0.3, 0.4) is 0 Å². The smallest absolute Gasteiger partial charge is 0.254 e. The number of hydrogen-bond acceptors (Lipinski definition) is 7. The Balaban J connectivity index is 1.59. The number of rotatable bonds is 6. The maximum absolute atomic E-state index is 13.4. The summed E-state index contributed by atoms with van der Waals surface area (Å²) in [6.07, 6.45) is 0.502. The van der Waals surface area contributed by atoms with E-state index in [9.17, 15) is 4.79 Å². The van der Waals surface area contributed by atoms with Crippen LogP contribution in [0, 0.1) is 6.92 Å². The predicted octanol–water partition coefficient (Wildman–Crippen LogP) is 3.70. The molecule has 1 aliphatic heterocycles. The highest BCUT2D eigenvalue weighted by Crippen LogP contribution is 2.31. The summed E-state index contributed by atoms with van der Waals surface area (Å²) < 4.78 is 5.38. The molecule has 1 unspecified atom stereocenters. The lowest BCUT2D eigenvalue weighted by Gasteiger charge is -2.21. The molecule has 8 heteroatoms. The van der Waals surface area contributed by atoms with Crippen LogP contribution in [-0.2, 0) is 11.4 Å². The Bertz CT molecular complexity index is 1120. The lowest BCUT2D eigenvalue weighted by molar-refractivity contribution is 0.0732. The minimum absolute atomic E-state index is 0.105. The molecule has 8 nitrogen and oxygen atoms in total. The summed E-state index contributed by atoms with van der Waals surface area (Å²) in [7, 11) is 5.36. The Morgan fingerprint density at radius 1 is 1.22 bits per heavy atom. The number of benzene rings is 2. The molecular weight excluding hydrogens is 406 g/mol. The summed E-state index contributed by atoms with van der Waals surface area (Å²) in [4.78, 5) is 26.6. The minimum Gasteiger partial charge on any atom is -0.399 e. The van der Waals surface area contributed by atoms with E-state index in [-0.39, 0.29) is 11.9 Å². The fraction of sp³-hybridized carbons (Fsp3) is 0.333. The van der Waals surface area contributed by atoms with E-state index in [1.807, 2.05) is 55.4 Å². The molecule has 0 radical (unpaired) electrons. The maximum Gasteiger partial charge on any atom is 0.254 e. The highest BCUT2D eigenvalue weighted by atomic mass is 16.6. The number of oxime groups is 1. The lowest BCUT2D eigenvalue weighted by Crippen LogP contribution is -2.31. The van der Waals surface area contributed by atoms with Crippen LogP contribution in [0.4, 0.5) is 0 Å². The van der Waals surface area contributed by atoms with Crippen LogP contribution >= 0.6 is 0 Å². The zero-order chi connectivity index (χ0) is 22.7. The van der Waals surface area contributed by atoms with Crippen LogP contribution in [0.25, 0.3) is 11.1 Å². The number of nitrogens with zero attached hydrogens (tertiary/aromatic N) is 5. The first kappa shape index (κ1) is 21.7. The third kappa shape index (κ3) is 4.55. The molecule has 1 saturated heterocycles. The molecule has 32 heavy (non-hydrogen) atoms. The Morgan fingerprint density at radius 3 is 2.66 bits per heavy atom. The van der Waals surface area contributed by atoms with Gasteiger partial charge in [-0.3, -0.25) is 4.79 Å². The van der Waals surface area contributed by atoms with Crippen LogP contribution in [0.15, 0.2) is 58.2 Å². The molecule has 0 spiro atoms. The SMILES string of the molecule is CON=C1CC(c2noc(CN(C)C)n2)N(C(=O)c2ccc(-c3ccccc3C)cc2)C1. The molecule has 2 heterocycles. The van der Waals surface area contributed by atoms with Crippen molar-refractivity contribution in [2.75, 3.05) is 27.7 Å². The van der Waals surface area contributed by atoms with Gasteiger partial charge in [0, 0.05) is 12.0 Å². The zero-order valence-corrected chi connectivity index (χ0v) is 18.8. The molecule has 2 aromatic carbocycles. The second-order valence-corrected chi connectivity index (χ2v) is 8.17. The van der Waals surface area contributed by atoms with Crippen molar-refractivity contribution >= 4 is 11.6 Å². The predicted molar refractivity (Wildman–Crippen MR) is 121 cm³/mol. The largest absolute Gasteiger partial charge is 0.399 e. The molecule has 1 atom stereocenters. The van der Waals surface area contributed by atoms with Crippen LogP contribution in [-0.4, -0.2) is 59.3 Å². The average molecular weight is 434 g/mol. The van der Waals surface area contributed by atoms with Crippen molar-refractivity contribution in [3.8, 4) is 11.1 Å². The van der Waals surface area contributed by atoms with Gasteiger partial charge in [-0.1, -0.05) is 46.7 Å².